The van der Waals surface area contributed by atoms with Crippen molar-refractivity contribution >= 4 is 46.0 Å². The standard InChI is InChI=1S/C32H35F3N6O5S/c1-8-37-30(45)40-24-12-18(28-39-23(15-47-28)32(33,34)35)20(13-38-24)17-9-10-22-19(11-17)26(42)21(27(43)36-7)14-41(22)25(16(2)3)29(44)46-31(4,5)6/h9-16,25H,8H2,1-7H3,(H,36,43)(H2,37,38,40,45)/t25-/m0/s1. The van der Waals surface area contributed by atoms with Crippen LogP contribution in [0.1, 0.15) is 63.6 Å². The molecule has 0 fully saturated rings. The average Bonchev–Trinajstić information content (AvgIpc) is 3.48. The summed E-state index contributed by atoms with van der Waals surface area (Å²) in [5.41, 5.74) is -1.53. The van der Waals surface area contributed by atoms with Crippen molar-refractivity contribution in [2.24, 2.45) is 5.92 Å². The first-order valence-electron chi connectivity index (χ1n) is 14.7. The summed E-state index contributed by atoms with van der Waals surface area (Å²) < 4.78 is 47.7. The zero-order chi connectivity index (χ0) is 34.8. The number of nitrogens with one attached hydrogen (secondary N) is 3. The molecule has 0 radical (unpaired) electrons. The fourth-order valence-electron chi connectivity index (χ4n) is 4.90. The number of esters is 1. The maximum atomic E-state index is 13.8. The number of carbonyl (C=O) groups is 3. The Labute approximate surface area is 272 Å². The van der Waals surface area contributed by atoms with Crippen LogP contribution < -0.4 is 21.4 Å². The first-order valence-corrected chi connectivity index (χ1v) is 15.5. The van der Waals surface area contributed by atoms with Gasteiger partial charge >= 0.3 is 18.2 Å². The molecule has 15 heteroatoms. The quantitative estimate of drug-likeness (QED) is 0.188. The van der Waals surface area contributed by atoms with Crippen LogP contribution in [0.4, 0.5) is 23.8 Å². The van der Waals surface area contributed by atoms with Crippen LogP contribution in [-0.4, -0.2) is 51.6 Å². The number of pyridine rings is 2. The molecule has 1 aromatic carbocycles. The van der Waals surface area contributed by atoms with Crippen LogP contribution in [0.5, 0.6) is 0 Å². The first-order chi connectivity index (χ1) is 21.9. The van der Waals surface area contributed by atoms with Gasteiger partial charge in [-0.05, 0) is 57.4 Å². The summed E-state index contributed by atoms with van der Waals surface area (Å²) in [7, 11) is 1.37. The predicted octanol–water partition coefficient (Wildman–Crippen LogP) is 6.25. The van der Waals surface area contributed by atoms with E-state index in [4.69, 9.17) is 4.74 Å². The molecule has 47 heavy (non-hydrogen) atoms. The summed E-state index contributed by atoms with van der Waals surface area (Å²) >= 11 is 0.752. The van der Waals surface area contributed by atoms with E-state index in [0.29, 0.717) is 23.2 Å². The van der Waals surface area contributed by atoms with E-state index in [2.05, 4.69) is 25.9 Å². The number of fused-ring (bicyclic) bond motifs is 1. The molecule has 3 amide bonds. The molecule has 11 nitrogen and oxygen atoms in total. The molecule has 3 aromatic heterocycles. The number of amides is 3. The van der Waals surface area contributed by atoms with E-state index in [1.807, 2.05) is 13.8 Å². The van der Waals surface area contributed by atoms with Gasteiger partial charge in [-0.1, -0.05) is 19.9 Å². The van der Waals surface area contributed by atoms with Crippen molar-refractivity contribution < 1.29 is 32.3 Å². The molecular weight excluding hydrogens is 637 g/mol. The Morgan fingerprint density at radius 1 is 1.09 bits per heavy atom. The Morgan fingerprint density at radius 2 is 1.79 bits per heavy atom. The number of alkyl halides is 3. The topological polar surface area (TPSA) is 144 Å². The number of anilines is 1. The third kappa shape index (κ3) is 7.79. The number of nitrogens with zero attached hydrogens (tertiary/aromatic N) is 3. The SMILES string of the molecule is CCNC(=O)Nc1cc(-c2nc(C(F)(F)F)cs2)c(-c2ccc3c(c2)c(=O)c(C(=O)NC)cn3[C@H](C(=O)OC(C)(C)C)C(C)C)cn1. The number of thiazole rings is 1. The van der Waals surface area contributed by atoms with Gasteiger partial charge in [0.25, 0.3) is 5.91 Å². The lowest BCUT2D eigenvalue weighted by atomic mass is 9.97. The zero-order valence-corrected chi connectivity index (χ0v) is 27.6. The fourth-order valence-corrected chi connectivity index (χ4v) is 5.75. The van der Waals surface area contributed by atoms with Crippen LogP contribution >= 0.6 is 11.3 Å². The molecule has 0 spiro atoms. The summed E-state index contributed by atoms with van der Waals surface area (Å²) in [4.78, 5) is 60.3. The third-order valence-electron chi connectivity index (χ3n) is 6.90. The van der Waals surface area contributed by atoms with Crippen LogP contribution in [0.25, 0.3) is 32.6 Å². The second-order valence-electron chi connectivity index (χ2n) is 11.9. The Bertz CT molecular complexity index is 1890. The van der Waals surface area contributed by atoms with Crippen molar-refractivity contribution in [3.05, 3.63) is 63.5 Å². The van der Waals surface area contributed by atoms with Crippen LogP contribution in [0.3, 0.4) is 0 Å². The fraction of sp³-hybridized carbons (Fsp3) is 0.375. The van der Waals surface area contributed by atoms with Crippen LogP contribution in [0, 0.1) is 5.92 Å². The number of urea groups is 1. The van der Waals surface area contributed by atoms with Gasteiger partial charge < -0.3 is 19.9 Å². The average molecular weight is 673 g/mol. The number of hydrogen-bond acceptors (Lipinski definition) is 8. The second kappa shape index (κ2) is 13.5. The highest BCUT2D eigenvalue weighted by atomic mass is 32.1. The molecule has 0 aliphatic carbocycles. The molecule has 0 bridgehead atoms. The van der Waals surface area contributed by atoms with Crippen molar-refractivity contribution in [2.45, 2.75) is 59.4 Å². The summed E-state index contributed by atoms with van der Waals surface area (Å²) in [6.07, 6.45) is -2.00. The smallest absolute Gasteiger partial charge is 0.434 e. The molecule has 0 aliphatic heterocycles. The number of carbonyl (C=O) groups excluding carboxylic acids is 3. The van der Waals surface area contributed by atoms with Gasteiger partial charge in [0.15, 0.2) is 5.69 Å². The van der Waals surface area contributed by atoms with E-state index < -0.39 is 46.8 Å². The number of hydrogen-bond donors (Lipinski definition) is 3. The van der Waals surface area contributed by atoms with Crippen LogP contribution in [0.2, 0.25) is 0 Å². The molecule has 1 atom stereocenters. The van der Waals surface area contributed by atoms with Crippen molar-refractivity contribution in [3.8, 4) is 21.7 Å². The predicted molar refractivity (Wildman–Crippen MR) is 173 cm³/mol. The van der Waals surface area contributed by atoms with E-state index in [1.165, 1.54) is 31.6 Å². The lowest BCUT2D eigenvalue weighted by molar-refractivity contribution is -0.160. The molecule has 250 valence electrons. The summed E-state index contributed by atoms with van der Waals surface area (Å²) in [5, 5.41) is 8.51. The zero-order valence-electron chi connectivity index (χ0n) is 26.8. The van der Waals surface area contributed by atoms with Gasteiger partial charge in [-0.3, -0.25) is 14.9 Å². The van der Waals surface area contributed by atoms with E-state index >= 15 is 0 Å². The highest BCUT2D eigenvalue weighted by Crippen LogP contribution is 2.39. The molecular formula is C32H35F3N6O5S. The monoisotopic (exact) mass is 672 g/mol. The van der Waals surface area contributed by atoms with Crippen molar-refractivity contribution in [1.29, 1.82) is 0 Å². The molecule has 0 saturated carbocycles. The van der Waals surface area contributed by atoms with Crippen molar-refractivity contribution in [3.63, 3.8) is 0 Å². The molecule has 0 unspecified atom stereocenters. The second-order valence-corrected chi connectivity index (χ2v) is 12.8. The Kier molecular flexibility index (Phi) is 10.1. The van der Waals surface area contributed by atoms with Crippen molar-refractivity contribution in [1.82, 2.24) is 25.2 Å². The first kappa shape index (κ1) is 35.1. The van der Waals surface area contributed by atoms with Gasteiger partial charge in [0.1, 0.15) is 28.0 Å². The number of aromatic nitrogens is 3. The van der Waals surface area contributed by atoms with Crippen LogP contribution in [0.15, 0.2) is 46.8 Å². The van der Waals surface area contributed by atoms with Gasteiger partial charge in [0.05, 0.1) is 5.52 Å². The Balaban J connectivity index is 1.98. The van der Waals surface area contributed by atoms with E-state index in [9.17, 15) is 32.3 Å². The van der Waals surface area contributed by atoms with Gasteiger partial charge in [0, 0.05) is 47.9 Å². The molecule has 0 aliphatic rings. The summed E-state index contributed by atoms with van der Waals surface area (Å²) in [6.45, 7) is 10.9. The third-order valence-corrected chi connectivity index (χ3v) is 7.78. The maximum absolute atomic E-state index is 13.8. The van der Waals surface area contributed by atoms with E-state index in [1.54, 1.807) is 44.4 Å². The minimum atomic E-state index is -4.69. The van der Waals surface area contributed by atoms with Gasteiger partial charge in [0.2, 0.25) is 5.43 Å². The number of ether oxygens (including phenoxy) is 1. The van der Waals surface area contributed by atoms with E-state index in [-0.39, 0.29) is 33.3 Å². The largest absolute Gasteiger partial charge is 0.458 e. The normalized spacial score (nSPS) is 12.6. The van der Waals surface area contributed by atoms with Gasteiger partial charge in [-0.25, -0.2) is 19.6 Å². The van der Waals surface area contributed by atoms with Crippen LogP contribution in [-0.2, 0) is 15.7 Å². The van der Waals surface area contributed by atoms with Crippen molar-refractivity contribution in [2.75, 3.05) is 18.9 Å². The lowest BCUT2D eigenvalue weighted by Crippen LogP contribution is -2.35. The number of halogens is 3. The minimum absolute atomic E-state index is 0.00454. The minimum Gasteiger partial charge on any atom is -0.458 e. The van der Waals surface area contributed by atoms with E-state index in [0.717, 1.165) is 16.7 Å². The summed E-state index contributed by atoms with van der Waals surface area (Å²) in [5.74, 6) is -1.49. The number of benzene rings is 1. The van der Waals surface area contributed by atoms with Gasteiger partial charge in [-0.15, -0.1) is 11.3 Å². The molecule has 4 aromatic rings. The maximum Gasteiger partial charge on any atom is 0.434 e. The molecule has 0 saturated heterocycles. The highest BCUT2D eigenvalue weighted by Gasteiger charge is 2.34. The Hall–Kier alpha value is -4.79. The summed E-state index contributed by atoms with van der Waals surface area (Å²) in [6, 6.07) is 4.62. The molecule has 3 N–H and O–H groups in total. The Morgan fingerprint density at radius 3 is 2.36 bits per heavy atom. The molecule has 4 rings (SSSR count). The highest BCUT2D eigenvalue weighted by molar-refractivity contribution is 7.13. The van der Waals surface area contributed by atoms with Gasteiger partial charge in [-0.2, -0.15) is 13.2 Å². The number of rotatable bonds is 8. The lowest BCUT2D eigenvalue weighted by Gasteiger charge is -2.29. The molecule has 3 heterocycles.